The van der Waals surface area contributed by atoms with Gasteiger partial charge in [0, 0.05) is 12.5 Å². The number of amides is 1. The van der Waals surface area contributed by atoms with Gasteiger partial charge in [-0.05, 0) is 41.7 Å². The lowest BCUT2D eigenvalue weighted by atomic mass is 9.96. The van der Waals surface area contributed by atoms with E-state index in [-0.39, 0.29) is 5.91 Å². The quantitative estimate of drug-likeness (QED) is 0.878. The average Bonchev–Trinajstić information content (AvgIpc) is 2.83. The van der Waals surface area contributed by atoms with Gasteiger partial charge in [0.1, 0.15) is 0 Å². The molecule has 100 valence electrons. The number of carbonyl (C=O) groups is 1. The third kappa shape index (κ3) is 4.81. The third-order valence-corrected chi connectivity index (χ3v) is 4.42. The van der Waals surface area contributed by atoms with Crippen molar-refractivity contribution in [2.45, 2.75) is 63.8 Å². The van der Waals surface area contributed by atoms with Crippen molar-refractivity contribution in [2.24, 2.45) is 0 Å². The van der Waals surface area contributed by atoms with Gasteiger partial charge in [-0.1, -0.05) is 32.1 Å². The molecule has 1 aliphatic carbocycles. The molecular weight excluding hydrogens is 242 g/mol. The van der Waals surface area contributed by atoms with E-state index in [4.69, 9.17) is 0 Å². The fraction of sp³-hybridized carbons (Fsp3) is 0.667. The van der Waals surface area contributed by atoms with Crippen molar-refractivity contribution < 1.29 is 4.79 Å². The van der Waals surface area contributed by atoms with Crippen LogP contribution in [0.2, 0.25) is 0 Å². The summed E-state index contributed by atoms with van der Waals surface area (Å²) in [7, 11) is 0. The Balaban J connectivity index is 1.68. The molecule has 0 aliphatic heterocycles. The summed E-state index contributed by atoms with van der Waals surface area (Å²) in [6, 6.07) is 2.54. The Hall–Kier alpha value is -0.830. The summed E-state index contributed by atoms with van der Waals surface area (Å²) in [5, 5.41) is 7.41. The first-order valence-electron chi connectivity index (χ1n) is 7.15. The first kappa shape index (κ1) is 13.6. The molecule has 1 N–H and O–H groups in total. The molecule has 0 spiro atoms. The van der Waals surface area contributed by atoms with Gasteiger partial charge in [-0.15, -0.1) is 0 Å². The molecule has 2 nitrogen and oxygen atoms in total. The SMILES string of the molecule is O=C(CCc1ccsc1)NC1CCCCCCC1. The summed E-state index contributed by atoms with van der Waals surface area (Å²) in [6.07, 6.45) is 10.4. The van der Waals surface area contributed by atoms with Gasteiger partial charge in [0.2, 0.25) is 5.91 Å². The van der Waals surface area contributed by atoms with Crippen LogP contribution >= 0.6 is 11.3 Å². The highest BCUT2D eigenvalue weighted by molar-refractivity contribution is 7.07. The number of hydrogen-bond donors (Lipinski definition) is 1. The molecule has 0 unspecified atom stereocenters. The molecule has 0 radical (unpaired) electrons. The Morgan fingerprint density at radius 3 is 2.61 bits per heavy atom. The third-order valence-electron chi connectivity index (χ3n) is 3.69. The second-order valence-electron chi connectivity index (χ2n) is 5.24. The molecule has 1 aromatic heterocycles. The van der Waals surface area contributed by atoms with Crippen LogP contribution in [0.3, 0.4) is 0 Å². The van der Waals surface area contributed by atoms with Gasteiger partial charge in [-0.2, -0.15) is 11.3 Å². The molecule has 1 aliphatic rings. The van der Waals surface area contributed by atoms with Gasteiger partial charge in [0.15, 0.2) is 0 Å². The van der Waals surface area contributed by atoms with E-state index in [9.17, 15) is 4.79 Å². The van der Waals surface area contributed by atoms with E-state index in [0.717, 1.165) is 6.42 Å². The van der Waals surface area contributed by atoms with Crippen molar-refractivity contribution >= 4 is 17.2 Å². The molecule has 0 bridgehead atoms. The van der Waals surface area contributed by atoms with Crippen molar-refractivity contribution in [3.8, 4) is 0 Å². The van der Waals surface area contributed by atoms with E-state index in [1.54, 1.807) is 11.3 Å². The number of nitrogens with one attached hydrogen (secondary N) is 1. The molecule has 3 heteroatoms. The van der Waals surface area contributed by atoms with Crippen LogP contribution in [0.5, 0.6) is 0 Å². The zero-order valence-electron chi connectivity index (χ0n) is 11.0. The summed E-state index contributed by atoms with van der Waals surface area (Å²) in [5.74, 6) is 0.228. The Bertz CT molecular complexity index is 339. The monoisotopic (exact) mass is 265 g/mol. The summed E-state index contributed by atoms with van der Waals surface area (Å²) >= 11 is 1.70. The highest BCUT2D eigenvalue weighted by Gasteiger charge is 2.13. The van der Waals surface area contributed by atoms with Crippen LogP contribution < -0.4 is 5.32 Å². The first-order chi connectivity index (χ1) is 8.84. The van der Waals surface area contributed by atoms with Crippen molar-refractivity contribution in [3.63, 3.8) is 0 Å². The van der Waals surface area contributed by atoms with E-state index in [0.29, 0.717) is 12.5 Å². The molecule has 1 heterocycles. The van der Waals surface area contributed by atoms with Crippen molar-refractivity contribution in [1.29, 1.82) is 0 Å². The molecule has 18 heavy (non-hydrogen) atoms. The number of aryl methyl sites for hydroxylation is 1. The maximum atomic E-state index is 11.9. The zero-order valence-corrected chi connectivity index (χ0v) is 11.8. The minimum Gasteiger partial charge on any atom is -0.353 e. The average molecular weight is 265 g/mol. The summed E-state index contributed by atoms with van der Waals surface area (Å²) in [6.45, 7) is 0. The van der Waals surface area contributed by atoms with Crippen molar-refractivity contribution in [3.05, 3.63) is 22.4 Å². The Morgan fingerprint density at radius 1 is 1.22 bits per heavy atom. The Morgan fingerprint density at radius 2 is 1.94 bits per heavy atom. The molecule has 1 aromatic rings. The number of thiophene rings is 1. The first-order valence-corrected chi connectivity index (χ1v) is 8.09. The molecule has 0 atom stereocenters. The summed E-state index contributed by atoms with van der Waals surface area (Å²) < 4.78 is 0. The van der Waals surface area contributed by atoms with Gasteiger partial charge >= 0.3 is 0 Å². The number of carbonyl (C=O) groups excluding carboxylic acids is 1. The maximum Gasteiger partial charge on any atom is 0.220 e. The molecule has 0 aromatic carbocycles. The smallest absolute Gasteiger partial charge is 0.220 e. The second-order valence-corrected chi connectivity index (χ2v) is 6.02. The summed E-state index contributed by atoms with van der Waals surface area (Å²) in [4.78, 5) is 11.9. The van der Waals surface area contributed by atoms with Gasteiger partial charge in [-0.25, -0.2) is 0 Å². The van der Waals surface area contributed by atoms with Gasteiger partial charge in [-0.3, -0.25) is 4.79 Å². The van der Waals surface area contributed by atoms with E-state index in [1.165, 1.54) is 50.5 Å². The fourth-order valence-electron chi connectivity index (χ4n) is 2.59. The Labute approximate surface area is 114 Å². The van der Waals surface area contributed by atoms with Crippen LogP contribution in [0.15, 0.2) is 16.8 Å². The van der Waals surface area contributed by atoms with Crippen LogP contribution in [0.4, 0.5) is 0 Å². The molecule has 2 rings (SSSR count). The van der Waals surface area contributed by atoms with E-state index in [1.807, 2.05) is 0 Å². The zero-order chi connectivity index (χ0) is 12.6. The highest BCUT2D eigenvalue weighted by atomic mass is 32.1. The normalized spacial score (nSPS) is 18.0. The second kappa shape index (κ2) is 7.57. The number of hydrogen-bond acceptors (Lipinski definition) is 2. The van der Waals surface area contributed by atoms with Crippen molar-refractivity contribution in [1.82, 2.24) is 5.32 Å². The Kier molecular flexibility index (Phi) is 5.72. The predicted octanol–water partition coefficient (Wildman–Crippen LogP) is 3.91. The van der Waals surface area contributed by atoms with Crippen LogP contribution in [-0.4, -0.2) is 11.9 Å². The predicted molar refractivity (Wildman–Crippen MR) is 76.9 cm³/mol. The fourth-order valence-corrected chi connectivity index (χ4v) is 3.30. The van der Waals surface area contributed by atoms with Crippen LogP contribution in [0.25, 0.3) is 0 Å². The van der Waals surface area contributed by atoms with Crippen LogP contribution in [0, 0.1) is 0 Å². The van der Waals surface area contributed by atoms with E-state index in [2.05, 4.69) is 22.1 Å². The van der Waals surface area contributed by atoms with Crippen molar-refractivity contribution in [2.75, 3.05) is 0 Å². The minimum absolute atomic E-state index is 0.228. The highest BCUT2D eigenvalue weighted by Crippen LogP contribution is 2.17. The summed E-state index contributed by atoms with van der Waals surface area (Å²) in [5.41, 5.74) is 1.29. The van der Waals surface area contributed by atoms with Gasteiger partial charge in [0.05, 0.1) is 0 Å². The topological polar surface area (TPSA) is 29.1 Å². The number of rotatable bonds is 4. The lowest BCUT2D eigenvalue weighted by Gasteiger charge is -2.21. The molecular formula is C15H23NOS. The van der Waals surface area contributed by atoms with Gasteiger partial charge < -0.3 is 5.32 Å². The maximum absolute atomic E-state index is 11.9. The lowest BCUT2D eigenvalue weighted by Crippen LogP contribution is -2.35. The molecule has 1 saturated carbocycles. The molecule has 1 amide bonds. The largest absolute Gasteiger partial charge is 0.353 e. The van der Waals surface area contributed by atoms with Gasteiger partial charge in [0.25, 0.3) is 0 Å². The van der Waals surface area contributed by atoms with E-state index >= 15 is 0 Å². The van der Waals surface area contributed by atoms with Crippen LogP contribution in [-0.2, 0) is 11.2 Å². The van der Waals surface area contributed by atoms with Crippen LogP contribution in [0.1, 0.15) is 56.9 Å². The standard InChI is InChI=1S/C15H23NOS/c17-15(9-8-13-10-11-18-12-13)16-14-6-4-2-1-3-5-7-14/h10-12,14H,1-9H2,(H,16,17). The van der Waals surface area contributed by atoms with E-state index < -0.39 is 0 Å². The lowest BCUT2D eigenvalue weighted by molar-refractivity contribution is -0.121. The minimum atomic E-state index is 0.228. The molecule has 0 saturated heterocycles. The molecule has 1 fully saturated rings.